The SMILES string of the molecule is OCCc1ccccc1N=Cc1c(O)[nH]c2ncc(-c3ccccc3)cc12. The third-order valence-electron chi connectivity index (χ3n) is 4.48. The molecule has 0 atom stereocenters. The van der Waals surface area contributed by atoms with Crippen LogP contribution in [0.5, 0.6) is 5.88 Å². The molecular formula is C22H19N3O2. The Morgan fingerprint density at radius 2 is 1.78 bits per heavy atom. The fourth-order valence-electron chi connectivity index (χ4n) is 3.10. The molecule has 5 heteroatoms. The van der Waals surface area contributed by atoms with Crippen molar-refractivity contribution in [3.63, 3.8) is 0 Å². The number of aliphatic hydroxyl groups excluding tert-OH is 1. The van der Waals surface area contributed by atoms with Crippen molar-refractivity contribution in [2.45, 2.75) is 6.42 Å². The second-order valence-electron chi connectivity index (χ2n) is 6.23. The minimum atomic E-state index is 0.0334. The van der Waals surface area contributed by atoms with Crippen LogP contribution >= 0.6 is 0 Å². The molecule has 2 aromatic heterocycles. The molecular weight excluding hydrogens is 338 g/mol. The number of aromatic hydroxyl groups is 1. The minimum Gasteiger partial charge on any atom is -0.494 e. The highest BCUT2D eigenvalue weighted by molar-refractivity contribution is 6.02. The molecule has 0 bridgehead atoms. The Balaban J connectivity index is 1.76. The molecule has 3 N–H and O–H groups in total. The van der Waals surface area contributed by atoms with Gasteiger partial charge in [0.15, 0.2) is 5.88 Å². The lowest BCUT2D eigenvalue weighted by molar-refractivity contribution is 0.300. The summed E-state index contributed by atoms with van der Waals surface area (Å²) in [6.45, 7) is 0.0647. The highest BCUT2D eigenvalue weighted by Crippen LogP contribution is 2.29. The lowest BCUT2D eigenvalue weighted by Gasteiger charge is -2.03. The highest BCUT2D eigenvalue weighted by Gasteiger charge is 2.12. The van der Waals surface area contributed by atoms with E-state index in [9.17, 15) is 10.2 Å². The van der Waals surface area contributed by atoms with Crippen molar-refractivity contribution < 1.29 is 10.2 Å². The number of rotatable bonds is 5. The smallest absolute Gasteiger partial charge is 0.199 e. The maximum atomic E-state index is 10.3. The van der Waals surface area contributed by atoms with Crippen LogP contribution in [0.1, 0.15) is 11.1 Å². The number of nitrogens with zero attached hydrogens (tertiary/aromatic N) is 2. The molecule has 2 aromatic carbocycles. The topological polar surface area (TPSA) is 81.5 Å². The third kappa shape index (κ3) is 3.45. The summed E-state index contributed by atoms with van der Waals surface area (Å²) in [4.78, 5) is 11.9. The van der Waals surface area contributed by atoms with Crippen LogP contribution in [-0.4, -0.2) is 33.0 Å². The first-order valence-electron chi connectivity index (χ1n) is 8.75. The van der Waals surface area contributed by atoms with Gasteiger partial charge in [-0.25, -0.2) is 4.98 Å². The Bertz CT molecular complexity index is 1100. The van der Waals surface area contributed by atoms with Gasteiger partial charge in [-0.3, -0.25) is 4.99 Å². The maximum Gasteiger partial charge on any atom is 0.199 e. The number of H-pyrrole nitrogens is 1. The summed E-state index contributed by atoms with van der Waals surface area (Å²) in [5, 5.41) is 20.3. The van der Waals surface area contributed by atoms with E-state index in [1.54, 1.807) is 12.4 Å². The Morgan fingerprint density at radius 1 is 1.00 bits per heavy atom. The molecule has 0 radical (unpaired) electrons. The van der Waals surface area contributed by atoms with E-state index in [1.807, 2.05) is 60.7 Å². The van der Waals surface area contributed by atoms with Crippen LogP contribution in [0.4, 0.5) is 5.69 Å². The first kappa shape index (κ1) is 17.0. The van der Waals surface area contributed by atoms with Gasteiger partial charge in [-0.2, -0.15) is 0 Å². The molecule has 0 aliphatic heterocycles. The van der Waals surface area contributed by atoms with E-state index in [-0.39, 0.29) is 12.5 Å². The molecule has 4 aromatic rings. The summed E-state index contributed by atoms with van der Waals surface area (Å²) in [6.07, 6.45) is 3.96. The number of aromatic amines is 1. The molecule has 0 saturated heterocycles. The number of aliphatic hydroxyl groups is 1. The first-order chi connectivity index (χ1) is 13.3. The van der Waals surface area contributed by atoms with Crippen LogP contribution in [0.2, 0.25) is 0 Å². The van der Waals surface area contributed by atoms with Gasteiger partial charge in [-0.1, -0.05) is 48.5 Å². The van der Waals surface area contributed by atoms with Crippen molar-refractivity contribution in [3.8, 4) is 17.0 Å². The van der Waals surface area contributed by atoms with Gasteiger partial charge in [0, 0.05) is 30.0 Å². The highest BCUT2D eigenvalue weighted by atomic mass is 16.3. The molecule has 27 heavy (non-hydrogen) atoms. The second-order valence-corrected chi connectivity index (χ2v) is 6.23. The van der Waals surface area contributed by atoms with Crippen molar-refractivity contribution >= 4 is 22.9 Å². The van der Waals surface area contributed by atoms with Gasteiger partial charge in [-0.15, -0.1) is 0 Å². The Labute approximate surface area is 156 Å². The quantitative estimate of drug-likeness (QED) is 0.468. The van der Waals surface area contributed by atoms with Crippen LogP contribution in [0.15, 0.2) is 71.9 Å². The number of nitrogens with one attached hydrogen (secondary N) is 1. The van der Waals surface area contributed by atoms with Gasteiger partial charge >= 0.3 is 0 Å². The van der Waals surface area contributed by atoms with E-state index in [0.29, 0.717) is 17.6 Å². The molecule has 5 nitrogen and oxygen atoms in total. The monoisotopic (exact) mass is 357 g/mol. The minimum absolute atomic E-state index is 0.0334. The zero-order valence-corrected chi connectivity index (χ0v) is 14.6. The summed E-state index contributed by atoms with van der Waals surface area (Å²) >= 11 is 0. The molecule has 0 aliphatic carbocycles. The third-order valence-corrected chi connectivity index (χ3v) is 4.48. The summed E-state index contributed by atoms with van der Waals surface area (Å²) in [7, 11) is 0. The molecule has 0 aliphatic rings. The van der Waals surface area contributed by atoms with Gasteiger partial charge in [-0.05, 0) is 29.7 Å². The number of fused-ring (bicyclic) bond motifs is 1. The van der Waals surface area contributed by atoms with E-state index in [2.05, 4.69) is 15.0 Å². The normalized spacial score (nSPS) is 11.4. The number of hydrogen-bond acceptors (Lipinski definition) is 4. The predicted octanol–water partition coefficient (Wildman–Crippen LogP) is 4.22. The number of pyridine rings is 1. The lowest BCUT2D eigenvalue weighted by atomic mass is 10.1. The summed E-state index contributed by atoms with van der Waals surface area (Å²) in [5.74, 6) is 0.0334. The van der Waals surface area contributed by atoms with Crippen LogP contribution in [0, 0.1) is 0 Å². The molecule has 0 unspecified atom stereocenters. The number of aliphatic imine (C=N–C) groups is 1. The molecule has 134 valence electrons. The van der Waals surface area contributed by atoms with Gasteiger partial charge in [0.25, 0.3) is 0 Å². The Hall–Kier alpha value is -3.44. The molecule has 0 fully saturated rings. The van der Waals surface area contributed by atoms with E-state index in [1.165, 1.54) is 0 Å². The molecule has 4 rings (SSSR count). The zero-order chi connectivity index (χ0) is 18.6. The zero-order valence-electron chi connectivity index (χ0n) is 14.6. The van der Waals surface area contributed by atoms with Gasteiger partial charge in [0.2, 0.25) is 0 Å². The van der Waals surface area contributed by atoms with E-state index < -0.39 is 0 Å². The maximum absolute atomic E-state index is 10.3. The fourth-order valence-corrected chi connectivity index (χ4v) is 3.10. The Morgan fingerprint density at radius 3 is 2.59 bits per heavy atom. The fraction of sp³-hybridized carbons (Fsp3) is 0.0909. The second kappa shape index (κ2) is 7.43. The van der Waals surface area contributed by atoms with Crippen LogP contribution in [0.25, 0.3) is 22.2 Å². The van der Waals surface area contributed by atoms with Crippen molar-refractivity contribution in [2.75, 3.05) is 6.61 Å². The Kier molecular flexibility index (Phi) is 4.68. The van der Waals surface area contributed by atoms with Crippen LogP contribution < -0.4 is 0 Å². The van der Waals surface area contributed by atoms with Crippen molar-refractivity contribution in [1.29, 1.82) is 0 Å². The molecule has 0 saturated carbocycles. The average Bonchev–Trinajstić information content (AvgIpc) is 3.02. The van der Waals surface area contributed by atoms with Gasteiger partial charge < -0.3 is 15.2 Å². The molecule has 0 amide bonds. The number of benzene rings is 2. The first-order valence-corrected chi connectivity index (χ1v) is 8.75. The largest absolute Gasteiger partial charge is 0.494 e. The number of aromatic nitrogens is 2. The number of hydrogen-bond donors (Lipinski definition) is 3. The molecule has 2 heterocycles. The van der Waals surface area contributed by atoms with E-state index in [4.69, 9.17) is 0 Å². The average molecular weight is 357 g/mol. The summed E-state index contributed by atoms with van der Waals surface area (Å²) in [6, 6.07) is 19.6. The van der Waals surface area contributed by atoms with E-state index in [0.717, 1.165) is 27.8 Å². The summed E-state index contributed by atoms with van der Waals surface area (Å²) < 4.78 is 0. The van der Waals surface area contributed by atoms with Gasteiger partial charge in [0.1, 0.15) is 5.65 Å². The van der Waals surface area contributed by atoms with Crippen molar-refractivity contribution in [3.05, 3.63) is 78.0 Å². The van der Waals surface area contributed by atoms with Crippen LogP contribution in [-0.2, 0) is 6.42 Å². The lowest BCUT2D eigenvalue weighted by Crippen LogP contribution is -1.91. The summed E-state index contributed by atoms with van der Waals surface area (Å²) in [5.41, 5.74) is 4.96. The number of para-hydroxylation sites is 1. The predicted molar refractivity (Wildman–Crippen MR) is 108 cm³/mol. The standard InChI is InChI=1S/C22H19N3O2/c26-11-10-16-8-4-5-9-20(16)23-14-19-18-12-17(15-6-2-1-3-7-15)13-24-21(18)25-22(19)27/h1-9,12-14,26-27H,10-11H2,(H,24,25). The van der Waals surface area contributed by atoms with Gasteiger partial charge in [0.05, 0.1) is 11.3 Å². The van der Waals surface area contributed by atoms with Crippen LogP contribution in [0.3, 0.4) is 0 Å². The van der Waals surface area contributed by atoms with E-state index >= 15 is 0 Å². The van der Waals surface area contributed by atoms with Crippen molar-refractivity contribution in [2.24, 2.45) is 4.99 Å². The molecule has 0 spiro atoms. The van der Waals surface area contributed by atoms with Crippen molar-refractivity contribution in [1.82, 2.24) is 9.97 Å².